The number of hydrogen-bond donors (Lipinski definition) is 1. The Kier molecular flexibility index (Phi) is 5.42. The maximum absolute atomic E-state index is 10.9. The third-order valence-corrected chi connectivity index (χ3v) is 4.96. The van der Waals surface area contributed by atoms with Gasteiger partial charge in [0.1, 0.15) is 0 Å². The van der Waals surface area contributed by atoms with Gasteiger partial charge in [0, 0.05) is 18.6 Å². The third-order valence-electron chi connectivity index (χ3n) is 4.96. The lowest BCUT2D eigenvalue weighted by Gasteiger charge is -2.46. The minimum absolute atomic E-state index is 0.233. The Hall–Kier alpha value is -0.900. The number of ether oxygens (including phenoxy) is 1. The van der Waals surface area contributed by atoms with E-state index in [-0.39, 0.29) is 5.54 Å². The van der Waals surface area contributed by atoms with Crippen molar-refractivity contribution in [2.24, 2.45) is 0 Å². The van der Waals surface area contributed by atoms with E-state index in [2.05, 4.69) is 56.9 Å². The molecule has 2 unspecified atom stereocenters. The van der Waals surface area contributed by atoms with E-state index >= 15 is 0 Å². The average Bonchev–Trinajstić information content (AvgIpc) is 2.54. The van der Waals surface area contributed by atoms with Crippen LogP contribution in [0, 0.1) is 0 Å². The van der Waals surface area contributed by atoms with Crippen molar-refractivity contribution in [3.63, 3.8) is 0 Å². The van der Waals surface area contributed by atoms with E-state index in [1.165, 1.54) is 5.56 Å². The molecule has 0 aliphatic carbocycles. The maximum atomic E-state index is 10.9. The van der Waals surface area contributed by atoms with Crippen LogP contribution in [0.2, 0.25) is 0 Å². The molecule has 118 valence electrons. The van der Waals surface area contributed by atoms with Crippen LogP contribution < -0.4 is 0 Å². The zero-order chi connectivity index (χ0) is 15.5. The van der Waals surface area contributed by atoms with E-state index in [0.29, 0.717) is 5.92 Å². The normalized spacial score (nSPS) is 21.2. The van der Waals surface area contributed by atoms with Gasteiger partial charge < -0.3 is 9.84 Å². The van der Waals surface area contributed by atoms with E-state index in [9.17, 15) is 5.11 Å². The topological polar surface area (TPSA) is 32.7 Å². The van der Waals surface area contributed by atoms with Crippen molar-refractivity contribution in [2.75, 3.05) is 26.3 Å². The van der Waals surface area contributed by atoms with E-state index in [4.69, 9.17) is 4.74 Å². The van der Waals surface area contributed by atoms with Crippen molar-refractivity contribution >= 4 is 0 Å². The van der Waals surface area contributed by atoms with Crippen LogP contribution >= 0.6 is 0 Å². The summed E-state index contributed by atoms with van der Waals surface area (Å²) >= 11 is 0. The highest BCUT2D eigenvalue weighted by atomic mass is 16.5. The first-order valence-corrected chi connectivity index (χ1v) is 8.09. The van der Waals surface area contributed by atoms with Gasteiger partial charge in [-0.1, -0.05) is 45.0 Å². The van der Waals surface area contributed by atoms with Crippen LogP contribution in [0.1, 0.15) is 57.3 Å². The van der Waals surface area contributed by atoms with Crippen LogP contribution in [0.25, 0.3) is 0 Å². The van der Waals surface area contributed by atoms with Gasteiger partial charge in [-0.3, -0.25) is 4.90 Å². The van der Waals surface area contributed by atoms with Gasteiger partial charge in [-0.15, -0.1) is 0 Å². The Balaban J connectivity index is 2.20. The summed E-state index contributed by atoms with van der Waals surface area (Å²) in [5, 5.41) is 10.9. The molecule has 2 rings (SSSR count). The fraction of sp³-hybridized carbons (Fsp3) is 0.667. The third kappa shape index (κ3) is 3.47. The molecule has 1 aromatic rings. The molecule has 1 aliphatic heterocycles. The highest BCUT2D eigenvalue weighted by Gasteiger charge is 2.38. The molecular weight excluding hydrogens is 262 g/mol. The number of rotatable bonds is 5. The quantitative estimate of drug-likeness (QED) is 0.903. The zero-order valence-electron chi connectivity index (χ0n) is 13.8. The number of benzene rings is 1. The Morgan fingerprint density at radius 3 is 2.14 bits per heavy atom. The van der Waals surface area contributed by atoms with Crippen LogP contribution in [0.3, 0.4) is 0 Å². The molecule has 1 heterocycles. The molecule has 1 fully saturated rings. The molecule has 0 saturated carbocycles. The lowest BCUT2D eigenvalue weighted by molar-refractivity contribution is -0.0734. The van der Waals surface area contributed by atoms with Crippen molar-refractivity contribution in [1.29, 1.82) is 0 Å². The number of aliphatic hydroxyl groups excluding tert-OH is 1. The van der Waals surface area contributed by atoms with E-state index in [1.54, 1.807) is 0 Å². The second-order valence-corrected chi connectivity index (χ2v) is 6.53. The molecule has 0 bridgehead atoms. The van der Waals surface area contributed by atoms with E-state index in [1.807, 2.05) is 0 Å². The van der Waals surface area contributed by atoms with Crippen LogP contribution in [0.15, 0.2) is 24.3 Å². The highest BCUT2D eigenvalue weighted by Crippen LogP contribution is 2.35. The average molecular weight is 291 g/mol. The van der Waals surface area contributed by atoms with Crippen LogP contribution in [0.4, 0.5) is 0 Å². The molecule has 3 heteroatoms. The second kappa shape index (κ2) is 6.91. The zero-order valence-corrected chi connectivity index (χ0v) is 13.8. The van der Waals surface area contributed by atoms with Gasteiger partial charge >= 0.3 is 0 Å². The molecule has 1 aliphatic rings. The Bertz CT molecular complexity index is 437. The molecule has 0 aromatic heterocycles. The van der Waals surface area contributed by atoms with Gasteiger partial charge in [0.15, 0.2) is 0 Å². The summed E-state index contributed by atoms with van der Waals surface area (Å²) < 4.78 is 5.44. The summed E-state index contributed by atoms with van der Waals surface area (Å²) in [6.07, 6.45) is 0.446. The van der Waals surface area contributed by atoms with Crippen LogP contribution in [0.5, 0.6) is 0 Å². The standard InChI is InChI=1S/C18H29NO2/c1-5-18(4,19-10-12-21-13-11-19)17(20)16-8-6-15(7-9-16)14(2)3/h6-9,14,17,20H,5,10-13H2,1-4H3. The van der Waals surface area contributed by atoms with Crippen LogP contribution in [-0.2, 0) is 4.74 Å². The first kappa shape index (κ1) is 16.5. The molecule has 2 atom stereocenters. The van der Waals surface area contributed by atoms with Crippen LogP contribution in [-0.4, -0.2) is 41.8 Å². The summed E-state index contributed by atoms with van der Waals surface area (Å²) in [6, 6.07) is 8.43. The van der Waals surface area contributed by atoms with Crippen molar-refractivity contribution in [3.05, 3.63) is 35.4 Å². The Morgan fingerprint density at radius 1 is 1.14 bits per heavy atom. The summed E-state index contributed by atoms with van der Waals surface area (Å²) in [4.78, 5) is 2.37. The molecule has 1 N–H and O–H groups in total. The summed E-state index contributed by atoms with van der Waals surface area (Å²) in [5.41, 5.74) is 2.09. The highest BCUT2D eigenvalue weighted by molar-refractivity contribution is 5.28. The molecule has 1 aromatic carbocycles. The van der Waals surface area contributed by atoms with Gasteiger partial charge in [0.25, 0.3) is 0 Å². The Morgan fingerprint density at radius 2 is 1.67 bits per heavy atom. The number of morpholine rings is 1. The lowest BCUT2D eigenvalue weighted by Crippen LogP contribution is -2.54. The van der Waals surface area contributed by atoms with Crippen molar-refractivity contribution in [3.8, 4) is 0 Å². The number of hydrogen-bond acceptors (Lipinski definition) is 3. The predicted molar refractivity (Wildman–Crippen MR) is 86.6 cm³/mol. The molecule has 3 nitrogen and oxygen atoms in total. The monoisotopic (exact) mass is 291 g/mol. The van der Waals surface area contributed by atoms with Gasteiger partial charge in [-0.05, 0) is 30.4 Å². The molecule has 1 saturated heterocycles. The number of nitrogens with zero attached hydrogens (tertiary/aromatic N) is 1. The second-order valence-electron chi connectivity index (χ2n) is 6.53. The predicted octanol–water partition coefficient (Wildman–Crippen LogP) is 3.34. The minimum Gasteiger partial charge on any atom is -0.386 e. The van der Waals surface area contributed by atoms with Gasteiger partial charge in [0.2, 0.25) is 0 Å². The summed E-state index contributed by atoms with van der Waals surface area (Å²) in [5.74, 6) is 0.521. The van der Waals surface area contributed by atoms with E-state index < -0.39 is 6.10 Å². The van der Waals surface area contributed by atoms with Gasteiger partial charge in [-0.2, -0.15) is 0 Å². The Labute approximate surface area is 128 Å². The SMILES string of the molecule is CCC(C)(C(O)c1ccc(C(C)C)cc1)N1CCOCC1. The fourth-order valence-corrected chi connectivity index (χ4v) is 3.09. The van der Waals surface area contributed by atoms with Gasteiger partial charge in [0.05, 0.1) is 19.3 Å². The van der Waals surface area contributed by atoms with Gasteiger partial charge in [-0.25, -0.2) is 0 Å². The van der Waals surface area contributed by atoms with Crippen molar-refractivity contribution in [1.82, 2.24) is 4.90 Å². The summed E-state index contributed by atoms with van der Waals surface area (Å²) in [6.45, 7) is 12.0. The molecule has 21 heavy (non-hydrogen) atoms. The molecular formula is C18H29NO2. The fourth-order valence-electron chi connectivity index (χ4n) is 3.09. The molecule has 0 spiro atoms. The van der Waals surface area contributed by atoms with Crippen molar-refractivity contribution in [2.45, 2.75) is 51.7 Å². The largest absolute Gasteiger partial charge is 0.386 e. The maximum Gasteiger partial charge on any atom is 0.0970 e. The summed E-state index contributed by atoms with van der Waals surface area (Å²) in [7, 11) is 0. The molecule has 0 amide bonds. The first-order valence-electron chi connectivity index (χ1n) is 8.09. The minimum atomic E-state index is -0.471. The number of aliphatic hydroxyl groups is 1. The first-order chi connectivity index (χ1) is 9.99. The van der Waals surface area contributed by atoms with Crippen molar-refractivity contribution < 1.29 is 9.84 Å². The smallest absolute Gasteiger partial charge is 0.0970 e. The van der Waals surface area contributed by atoms with E-state index in [0.717, 1.165) is 38.3 Å². The lowest BCUT2D eigenvalue weighted by atomic mass is 9.84. The molecule has 0 radical (unpaired) electrons.